The molecule has 1 aliphatic carbocycles. The number of halogens is 1. The third-order valence-electron chi connectivity index (χ3n) is 6.17. The van der Waals surface area contributed by atoms with E-state index in [0.717, 1.165) is 29.5 Å². The van der Waals surface area contributed by atoms with Crippen LogP contribution in [0.4, 0.5) is 0 Å². The van der Waals surface area contributed by atoms with Gasteiger partial charge in [0.1, 0.15) is 6.10 Å². The smallest absolute Gasteiger partial charge is 0.217 e. The van der Waals surface area contributed by atoms with Crippen molar-refractivity contribution in [2.45, 2.75) is 50.4 Å². The van der Waals surface area contributed by atoms with Crippen LogP contribution in [0.3, 0.4) is 0 Å². The molecule has 2 saturated heterocycles. The summed E-state index contributed by atoms with van der Waals surface area (Å²) in [7, 11) is 0. The first kappa shape index (κ1) is 18.4. The van der Waals surface area contributed by atoms with Gasteiger partial charge < -0.3 is 9.47 Å². The summed E-state index contributed by atoms with van der Waals surface area (Å²) in [5, 5.41) is 39.1. The molecular formula is C19H17BrN4O2S. The van der Waals surface area contributed by atoms with E-state index in [0.29, 0.717) is 17.7 Å². The zero-order valence-electron chi connectivity index (χ0n) is 14.5. The van der Waals surface area contributed by atoms with Crippen LogP contribution in [0.5, 0.6) is 0 Å². The monoisotopic (exact) mass is 444 g/mol. The van der Waals surface area contributed by atoms with Crippen molar-refractivity contribution in [1.29, 1.82) is 21.2 Å². The lowest BCUT2D eigenvalue weighted by molar-refractivity contribution is -0.288. The Labute approximate surface area is 169 Å². The number of thiophene rings is 1. The van der Waals surface area contributed by atoms with Crippen molar-refractivity contribution in [1.82, 2.24) is 0 Å². The van der Waals surface area contributed by atoms with Crippen LogP contribution in [0.25, 0.3) is 0 Å². The summed E-state index contributed by atoms with van der Waals surface area (Å²) in [5.74, 6) is -1.91. The Kier molecular flexibility index (Phi) is 4.31. The minimum absolute atomic E-state index is 0.293. The molecule has 138 valence electrons. The van der Waals surface area contributed by atoms with Crippen LogP contribution >= 0.6 is 27.3 Å². The SMILES string of the molecule is N#CC1(C#N)C(c2ccc(Br)s2)OC23CCCCCCC2C1(C#N)C(=N)O3. The molecular weight excluding hydrogens is 428 g/mol. The molecule has 3 heterocycles. The molecule has 1 aromatic rings. The van der Waals surface area contributed by atoms with E-state index in [9.17, 15) is 15.8 Å². The number of nitrogens with one attached hydrogen (secondary N) is 1. The highest BCUT2D eigenvalue weighted by atomic mass is 79.9. The van der Waals surface area contributed by atoms with E-state index in [2.05, 4.69) is 34.1 Å². The highest BCUT2D eigenvalue weighted by molar-refractivity contribution is 9.11. The number of ether oxygens (including phenoxy) is 2. The van der Waals surface area contributed by atoms with Crippen molar-refractivity contribution in [3.63, 3.8) is 0 Å². The van der Waals surface area contributed by atoms with Crippen molar-refractivity contribution < 1.29 is 9.47 Å². The van der Waals surface area contributed by atoms with Gasteiger partial charge in [-0.1, -0.05) is 19.3 Å². The molecule has 6 nitrogen and oxygen atoms in total. The van der Waals surface area contributed by atoms with Gasteiger partial charge in [0.2, 0.25) is 17.1 Å². The lowest BCUT2D eigenvalue weighted by Gasteiger charge is -2.50. The van der Waals surface area contributed by atoms with Gasteiger partial charge in [0.15, 0.2) is 5.41 Å². The van der Waals surface area contributed by atoms with Crippen LogP contribution in [0.1, 0.15) is 49.5 Å². The lowest BCUT2D eigenvalue weighted by atomic mass is 9.52. The second-order valence-electron chi connectivity index (χ2n) is 7.34. The van der Waals surface area contributed by atoms with Crippen LogP contribution in [-0.2, 0) is 9.47 Å². The molecule has 1 N–H and O–H groups in total. The van der Waals surface area contributed by atoms with Crippen LogP contribution in [0, 0.1) is 56.2 Å². The maximum atomic E-state index is 10.3. The molecule has 3 fully saturated rings. The summed E-state index contributed by atoms with van der Waals surface area (Å²) >= 11 is 4.79. The predicted molar refractivity (Wildman–Crippen MR) is 100 cm³/mol. The Bertz CT molecular complexity index is 911. The Hall–Kier alpha value is -1.92. The molecule has 1 aromatic heterocycles. The number of nitrogens with zero attached hydrogens (tertiary/aromatic N) is 3. The number of hydrogen-bond donors (Lipinski definition) is 1. The Morgan fingerprint density at radius 2 is 1.85 bits per heavy atom. The Morgan fingerprint density at radius 1 is 1.11 bits per heavy atom. The molecule has 4 atom stereocenters. The summed E-state index contributed by atoms with van der Waals surface area (Å²) in [5.41, 5.74) is -3.47. The molecule has 4 rings (SSSR count). The van der Waals surface area contributed by atoms with Gasteiger partial charge in [0, 0.05) is 11.3 Å². The van der Waals surface area contributed by atoms with E-state index in [4.69, 9.17) is 14.9 Å². The van der Waals surface area contributed by atoms with E-state index >= 15 is 0 Å². The fourth-order valence-corrected chi connectivity index (χ4v) is 6.46. The first-order chi connectivity index (χ1) is 13.0. The van der Waals surface area contributed by atoms with Crippen LogP contribution < -0.4 is 0 Å². The van der Waals surface area contributed by atoms with Gasteiger partial charge in [-0.2, -0.15) is 15.8 Å². The molecule has 8 heteroatoms. The van der Waals surface area contributed by atoms with Crippen molar-refractivity contribution in [3.8, 4) is 18.2 Å². The third-order valence-corrected chi connectivity index (χ3v) is 7.84. The summed E-state index contributed by atoms with van der Waals surface area (Å²) in [6, 6.07) is 10.1. The summed E-state index contributed by atoms with van der Waals surface area (Å²) in [6.07, 6.45) is 3.99. The topological polar surface area (TPSA) is 114 Å². The normalized spacial score (nSPS) is 36.9. The van der Waals surface area contributed by atoms with Gasteiger partial charge in [0.05, 0.1) is 27.9 Å². The van der Waals surface area contributed by atoms with Gasteiger partial charge in [-0.15, -0.1) is 11.3 Å². The molecule has 2 aliphatic heterocycles. The Balaban J connectivity index is 1.98. The third kappa shape index (κ3) is 2.20. The first-order valence-electron chi connectivity index (χ1n) is 8.94. The summed E-state index contributed by atoms with van der Waals surface area (Å²) < 4.78 is 13.2. The van der Waals surface area contributed by atoms with E-state index in [-0.39, 0.29) is 5.90 Å². The van der Waals surface area contributed by atoms with Crippen molar-refractivity contribution >= 4 is 33.2 Å². The second kappa shape index (κ2) is 6.31. The Morgan fingerprint density at radius 3 is 2.48 bits per heavy atom. The second-order valence-corrected chi connectivity index (χ2v) is 9.83. The van der Waals surface area contributed by atoms with E-state index in [1.54, 1.807) is 6.07 Å². The van der Waals surface area contributed by atoms with E-state index in [1.165, 1.54) is 11.3 Å². The van der Waals surface area contributed by atoms with Crippen LogP contribution in [0.2, 0.25) is 0 Å². The predicted octanol–water partition coefficient (Wildman–Crippen LogP) is 4.80. The average Bonchev–Trinajstić information content (AvgIpc) is 3.14. The highest BCUT2D eigenvalue weighted by Gasteiger charge is 2.80. The summed E-state index contributed by atoms with van der Waals surface area (Å²) in [6.45, 7) is 0. The molecule has 0 radical (unpaired) electrons. The van der Waals surface area contributed by atoms with Crippen molar-refractivity contribution in [2.24, 2.45) is 16.7 Å². The maximum Gasteiger partial charge on any atom is 0.217 e. The van der Waals surface area contributed by atoms with Gasteiger partial charge in [-0.3, -0.25) is 5.41 Å². The van der Waals surface area contributed by atoms with Crippen molar-refractivity contribution in [3.05, 3.63) is 20.8 Å². The minimum Gasteiger partial charge on any atom is -0.447 e. The molecule has 2 bridgehead atoms. The highest BCUT2D eigenvalue weighted by Crippen LogP contribution is 2.69. The fraction of sp³-hybridized carbons (Fsp3) is 0.579. The molecule has 0 amide bonds. The van der Waals surface area contributed by atoms with E-state index in [1.807, 2.05) is 6.07 Å². The van der Waals surface area contributed by atoms with E-state index < -0.39 is 28.6 Å². The number of nitriles is 3. The largest absolute Gasteiger partial charge is 0.447 e. The van der Waals surface area contributed by atoms with Crippen molar-refractivity contribution in [2.75, 3.05) is 0 Å². The van der Waals surface area contributed by atoms with Gasteiger partial charge in [0.25, 0.3) is 0 Å². The molecule has 1 saturated carbocycles. The van der Waals surface area contributed by atoms with Crippen LogP contribution in [0.15, 0.2) is 15.9 Å². The molecule has 4 unspecified atom stereocenters. The maximum absolute atomic E-state index is 10.3. The average molecular weight is 445 g/mol. The zero-order valence-corrected chi connectivity index (χ0v) is 16.9. The van der Waals surface area contributed by atoms with Gasteiger partial charge in [-0.05, 0) is 40.9 Å². The van der Waals surface area contributed by atoms with Crippen LogP contribution in [-0.4, -0.2) is 11.7 Å². The summed E-state index contributed by atoms with van der Waals surface area (Å²) in [4.78, 5) is 0.683. The standard InChI is InChI=1S/C19H17BrN4O2S/c20-14-7-6-12(27-14)15-17(9-21,10-22)18(11-23)13-5-3-1-2-4-8-19(13,25-15)26-16(18)24/h6-7,13,15,24H,1-5,8H2. The zero-order chi connectivity index (χ0) is 19.3. The molecule has 27 heavy (non-hydrogen) atoms. The van der Waals surface area contributed by atoms with Gasteiger partial charge >= 0.3 is 0 Å². The quantitative estimate of drug-likeness (QED) is 0.667. The first-order valence-corrected chi connectivity index (χ1v) is 10.6. The van der Waals surface area contributed by atoms with Gasteiger partial charge in [-0.25, -0.2) is 0 Å². The fourth-order valence-electron chi connectivity index (χ4n) is 4.94. The molecule has 0 aromatic carbocycles. The number of hydrogen-bond acceptors (Lipinski definition) is 7. The molecule has 3 aliphatic rings. The lowest BCUT2D eigenvalue weighted by Crippen LogP contribution is -2.59. The number of rotatable bonds is 1. The minimum atomic E-state index is -1.84. The molecule has 0 spiro atoms.